The van der Waals surface area contributed by atoms with E-state index in [-0.39, 0.29) is 15.9 Å². The summed E-state index contributed by atoms with van der Waals surface area (Å²) in [5.74, 6) is -0.464. The molecule has 0 aliphatic heterocycles. The predicted molar refractivity (Wildman–Crippen MR) is 95.0 cm³/mol. The van der Waals surface area contributed by atoms with Gasteiger partial charge in [-0.15, -0.1) is 10.2 Å². The zero-order valence-corrected chi connectivity index (χ0v) is 16.2. The Morgan fingerprint density at radius 1 is 1.28 bits per heavy atom. The van der Waals surface area contributed by atoms with Crippen LogP contribution in [0.2, 0.25) is 0 Å². The molecule has 0 fully saturated rings. The van der Waals surface area contributed by atoms with Gasteiger partial charge in [-0.2, -0.15) is 0 Å². The van der Waals surface area contributed by atoms with E-state index in [1.807, 2.05) is 20.8 Å². The second kappa shape index (κ2) is 7.16. The van der Waals surface area contributed by atoms with Crippen LogP contribution in [0.1, 0.15) is 36.1 Å². The highest BCUT2D eigenvalue weighted by Crippen LogP contribution is 2.28. The Morgan fingerprint density at radius 2 is 1.96 bits per heavy atom. The number of nitrogens with one attached hydrogen (secondary N) is 1. The number of carbonyl (C=O) groups excluding carboxylic acids is 1. The maximum absolute atomic E-state index is 12.4. The average Bonchev–Trinajstić information content (AvgIpc) is 3.02. The minimum Gasteiger partial charge on any atom is -0.296 e. The lowest BCUT2D eigenvalue weighted by Gasteiger charge is -2.14. The van der Waals surface area contributed by atoms with Crippen molar-refractivity contribution in [2.24, 2.45) is 0 Å². The fourth-order valence-electron chi connectivity index (χ4n) is 1.79. The molecule has 0 saturated carbocycles. The number of hydroxylamine groups is 1. The van der Waals surface area contributed by atoms with Gasteiger partial charge in [-0.1, -0.05) is 42.6 Å². The van der Waals surface area contributed by atoms with Crippen LogP contribution in [0.4, 0.5) is 5.13 Å². The van der Waals surface area contributed by atoms with Gasteiger partial charge in [-0.3, -0.25) is 14.9 Å². The SMILES string of the molecule is CON(C)S(=O)(=O)c1cccc(C(=O)Nc2nnc(C(C)(C)C)s2)c1. The summed E-state index contributed by atoms with van der Waals surface area (Å²) < 4.78 is 25.2. The van der Waals surface area contributed by atoms with Crippen molar-refractivity contribution in [2.45, 2.75) is 31.1 Å². The average molecular weight is 384 g/mol. The van der Waals surface area contributed by atoms with Crippen molar-refractivity contribution in [3.8, 4) is 0 Å². The minimum absolute atomic E-state index is 0.0443. The number of amides is 1. The van der Waals surface area contributed by atoms with Gasteiger partial charge in [0.15, 0.2) is 0 Å². The molecule has 0 radical (unpaired) electrons. The Labute approximate surface area is 150 Å². The Morgan fingerprint density at radius 3 is 2.52 bits per heavy atom. The fraction of sp³-hybridized carbons (Fsp3) is 0.400. The molecule has 8 nitrogen and oxygen atoms in total. The summed E-state index contributed by atoms with van der Waals surface area (Å²) in [5, 5.41) is 11.8. The molecule has 0 spiro atoms. The number of hydrogen-bond donors (Lipinski definition) is 1. The largest absolute Gasteiger partial charge is 0.296 e. The van der Waals surface area contributed by atoms with Crippen LogP contribution in [0.25, 0.3) is 0 Å². The Kier molecular flexibility index (Phi) is 5.57. The normalized spacial score (nSPS) is 12.4. The predicted octanol–water partition coefficient (Wildman–Crippen LogP) is 2.27. The molecule has 0 atom stereocenters. The lowest BCUT2D eigenvalue weighted by molar-refractivity contribution is -0.0258. The summed E-state index contributed by atoms with van der Waals surface area (Å²) in [4.78, 5) is 17.1. The van der Waals surface area contributed by atoms with Gasteiger partial charge in [0.05, 0.1) is 12.0 Å². The van der Waals surface area contributed by atoms with Crippen molar-refractivity contribution in [1.29, 1.82) is 0 Å². The van der Waals surface area contributed by atoms with Gasteiger partial charge >= 0.3 is 0 Å². The van der Waals surface area contributed by atoms with Gasteiger partial charge in [-0.25, -0.2) is 8.42 Å². The van der Waals surface area contributed by atoms with Crippen molar-refractivity contribution < 1.29 is 18.0 Å². The molecule has 1 heterocycles. The zero-order chi connectivity index (χ0) is 18.8. The summed E-state index contributed by atoms with van der Waals surface area (Å²) in [7, 11) is -1.31. The molecule has 10 heteroatoms. The molecule has 1 aromatic heterocycles. The number of rotatable bonds is 5. The van der Waals surface area contributed by atoms with E-state index in [0.29, 0.717) is 5.13 Å². The van der Waals surface area contributed by atoms with Crippen LogP contribution >= 0.6 is 11.3 Å². The molecule has 25 heavy (non-hydrogen) atoms. The highest BCUT2D eigenvalue weighted by molar-refractivity contribution is 7.89. The molecule has 1 N–H and O–H groups in total. The van der Waals surface area contributed by atoms with Gasteiger partial charge in [0.25, 0.3) is 15.9 Å². The highest BCUT2D eigenvalue weighted by atomic mass is 32.2. The van der Waals surface area contributed by atoms with Crippen LogP contribution < -0.4 is 5.32 Å². The standard InChI is InChI=1S/C15H20N4O4S2/c1-15(2,3)13-17-18-14(24-13)16-12(20)10-7-6-8-11(9-10)25(21,22)19(4)23-5/h6-9H,1-5H3,(H,16,18,20). The van der Waals surface area contributed by atoms with Crippen molar-refractivity contribution in [3.63, 3.8) is 0 Å². The molecular weight excluding hydrogens is 364 g/mol. The number of aromatic nitrogens is 2. The van der Waals surface area contributed by atoms with E-state index < -0.39 is 15.9 Å². The summed E-state index contributed by atoms with van der Waals surface area (Å²) >= 11 is 1.28. The van der Waals surface area contributed by atoms with Gasteiger partial charge in [0.1, 0.15) is 5.01 Å². The molecule has 2 aromatic rings. The first-order chi connectivity index (χ1) is 11.6. The maximum Gasteiger partial charge on any atom is 0.264 e. The second-order valence-electron chi connectivity index (χ2n) is 6.24. The van der Waals surface area contributed by atoms with Crippen molar-refractivity contribution in [3.05, 3.63) is 34.8 Å². The Bertz CT molecular complexity index is 872. The molecule has 0 aliphatic rings. The summed E-state index contributed by atoms with van der Waals surface area (Å²) in [5.41, 5.74) is 0.0254. The van der Waals surface area contributed by atoms with E-state index in [2.05, 4.69) is 15.5 Å². The second-order valence-corrected chi connectivity index (χ2v) is 9.15. The monoisotopic (exact) mass is 384 g/mol. The van der Waals surface area contributed by atoms with E-state index in [1.54, 1.807) is 0 Å². The molecule has 2 rings (SSSR count). The third-order valence-corrected chi connectivity index (χ3v) is 6.22. The quantitative estimate of drug-likeness (QED) is 0.794. The lowest BCUT2D eigenvalue weighted by Crippen LogP contribution is -2.26. The van der Waals surface area contributed by atoms with Crippen molar-refractivity contribution in [1.82, 2.24) is 14.7 Å². The third kappa shape index (κ3) is 4.40. The minimum atomic E-state index is -3.83. The van der Waals surface area contributed by atoms with Crippen molar-refractivity contribution in [2.75, 3.05) is 19.5 Å². The molecule has 136 valence electrons. The molecular formula is C15H20N4O4S2. The highest BCUT2D eigenvalue weighted by Gasteiger charge is 2.23. The van der Waals surface area contributed by atoms with Gasteiger partial charge in [0, 0.05) is 18.0 Å². The zero-order valence-electron chi connectivity index (χ0n) is 14.6. The van der Waals surface area contributed by atoms with Gasteiger partial charge in [-0.05, 0) is 18.2 Å². The molecule has 1 aromatic carbocycles. The van der Waals surface area contributed by atoms with E-state index in [0.717, 1.165) is 9.48 Å². The topological polar surface area (TPSA) is 101 Å². The van der Waals surface area contributed by atoms with Crippen molar-refractivity contribution >= 4 is 32.4 Å². The molecule has 0 saturated heterocycles. The van der Waals surface area contributed by atoms with Crippen LogP contribution in [0.5, 0.6) is 0 Å². The number of carbonyl (C=O) groups is 1. The first kappa shape index (κ1) is 19.4. The molecule has 0 bridgehead atoms. The van der Waals surface area contributed by atoms with Crippen LogP contribution in [-0.4, -0.2) is 43.1 Å². The van der Waals surface area contributed by atoms with Crippen LogP contribution in [0, 0.1) is 0 Å². The molecule has 0 unspecified atom stereocenters. The maximum atomic E-state index is 12.4. The molecule has 1 amide bonds. The first-order valence-corrected chi connectivity index (χ1v) is 9.60. The van der Waals surface area contributed by atoms with Gasteiger partial charge < -0.3 is 0 Å². The smallest absolute Gasteiger partial charge is 0.264 e. The number of benzene rings is 1. The third-order valence-electron chi connectivity index (χ3n) is 3.28. The number of nitrogens with zero attached hydrogens (tertiary/aromatic N) is 3. The molecule has 0 aliphatic carbocycles. The number of anilines is 1. The Balaban J connectivity index is 2.23. The van der Waals surface area contributed by atoms with Crippen LogP contribution in [0.15, 0.2) is 29.2 Å². The Hall–Kier alpha value is -1.88. The van der Waals surface area contributed by atoms with E-state index >= 15 is 0 Å². The van der Waals surface area contributed by atoms with E-state index in [1.165, 1.54) is 49.8 Å². The summed E-state index contributed by atoms with van der Waals surface area (Å²) in [6.45, 7) is 6.00. The number of sulfonamides is 1. The summed E-state index contributed by atoms with van der Waals surface area (Å²) in [6, 6.07) is 5.69. The van der Waals surface area contributed by atoms with Crippen LogP contribution in [-0.2, 0) is 20.3 Å². The number of hydrogen-bond acceptors (Lipinski definition) is 7. The summed E-state index contributed by atoms with van der Waals surface area (Å²) in [6.07, 6.45) is 0. The lowest BCUT2D eigenvalue weighted by atomic mass is 9.98. The van der Waals surface area contributed by atoms with Crippen LogP contribution in [0.3, 0.4) is 0 Å². The van der Waals surface area contributed by atoms with E-state index in [9.17, 15) is 13.2 Å². The van der Waals surface area contributed by atoms with Gasteiger partial charge in [0.2, 0.25) is 5.13 Å². The fourth-order valence-corrected chi connectivity index (χ4v) is 3.61. The van der Waals surface area contributed by atoms with E-state index in [4.69, 9.17) is 4.84 Å². The first-order valence-electron chi connectivity index (χ1n) is 7.34.